The van der Waals surface area contributed by atoms with Crippen LogP contribution in [0.15, 0.2) is 54.7 Å². The standard InChI is InChI=1S/C46H61FN20O16P2S2/c1-22(2)30(62-28(68)14-59-63-51)41(70)61-25(6-5-11-52-44(50)71)40(69)60-24-9-7-23(8-10-24)15-76-45(72)64(3)12-13-65(4)46(73)81-35-34-27(80-43(35)67-21-58-32-37(49)54-19-56-39(32)67)17-78-84(74,86)82-33-26(16-77-85(75,87)83-34)79-42(29(33)47)66-20-57-31-36(48)53-18-55-38(31)66/h7-10,18-22,25-27,29-30,33-35,42-43H,5-6,11-17H2,1-4H3,(H,60,69)(H,61,70)(H,62,68)(H,74,86)(H,75,87)(H2,48,53,55)(H2,49,54,56)(H3,50,52,71)/t25-,26+,27+,29+,30-,33+,34+,35+,42+,43+,84+,85+/m0/s1. The highest BCUT2D eigenvalue weighted by molar-refractivity contribution is 8.44. The van der Waals surface area contributed by atoms with Crippen LogP contribution in [0, 0.1) is 5.92 Å². The number of fused-ring (bicyclic) bond motifs is 4. The van der Waals surface area contributed by atoms with Crippen molar-refractivity contribution in [3.63, 3.8) is 0 Å². The van der Waals surface area contributed by atoms with Gasteiger partial charge in [0.1, 0.15) is 73.3 Å². The lowest BCUT2D eigenvalue weighted by Gasteiger charge is -2.30. The number of likely N-dealkylation sites (N-methyl/N-ethyl adjacent to an activating group) is 2. The van der Waals surface area contributed by atoms with Crippen molar-refractivity contribution in [1.29, 1.82) is 0 Å². The van der Waals surface area contributed by atoms with Crippen LogP contribution >= 0.6 is 38.1 Å². The lowest BCUT2D eigenvalue weighted by Crippen LogP contribution is -2.55. The number of nitrogens with one attached hydrogen (secondary N) is 4. The number of halogens is 1. The lowest BCUT2D eigenvalue weighted by molar-refractivity contribution is -0.131. The van der Waals surface area contributed by atoms with E-state index in [2.05, 4.69) is 85.7 Å². The highest BCUT2D eigenvalue weighted by Crippen LogP contribution is 2.61. The van der Waals surface area contributed by atoms with E-state index < -0.39 is 136 Å². The Morgan fingerprint density at radius 2 is 1.39 bits per heavy atom. The number of amides is 7. The van der Waals surface area contributed by atoms with E-state index in [0.717, 1.165) is 17.6 Å². The van der Waals surface area contributed by atoms with E-state index in [1.165, 1.54) is 52.9 Å². The number of rotatable bonds is 20. The molecule has 41 heteroatoms. The van der Waals surface area contributed by atoms with Gasteiger partial charge in [0.25, 0.3) is 0 Å². The predicted octanol–water partition coefficient (Wildman–Crippen LogP) is 2.89. The molecule has 0 bridgehead atoms. The zero-order chi connectivity index (χ0) is 62.9. The van der Waals surface area contributed by atoms with Gasteiger partial charge in [0, 0.05) is 44.3 Å². The highest BCUT2D eigenvalue weighted by Gasteiger charge is 2.55. The summed E-state index contributed by atoms with van der Waals surface area (Å²) in [5.41, 5.74) is 27.0. The topological polar surface area (TPSA) is 479 Å². The van der Waals surface area contributed by atoms with E-state index in [4.69, 9.17) is 59.8 Å². The van der Waals surface area contributed by atoms with Gasteiger partial charge in [-0.2, -0.15) is 0 Å². The zero-order valence-corrected chi connectivity index (χ0v) is 50.2. The maximum Gasteiger partial charge on any atom is 0.410 e. The van der Waals surface area contributed by atoms with Gasteiger partial charge < -0.3 is 67.2 Å². The van der Waals surface area contributed by atoms with E-state index >= 15 is 4.39 Å². The number of hydrogen-bond acceptors (Lipinski definition) is 25. The first-order chi connectivity index (χ1) is 41.3. The Bertz CT molecular complexity index is 3500. The molecule has 3 fully saturated rings. The molecule has 36 nitrogen and oxygen atoms in total. The van der Waals surface area contributed by atoms with Gasteiger partial charge in [-0.1, -0.05) is 55.6 Å². The third-order valence-corrected chi connectivity index (χ3v) is 16.8. The van der Waals surface area contributed by atoms with Gasteiger partial charge in [-0.15, -0.1) is 0 Å². The van der Waals surface area contributed by atoms with Crippen LogP contribution in [0.3, 0.4) is 0 Å². The minimum absolute atomic E-state index is 0.00164. The van der Waals surface area contributed by atoms with Crippen LogP contribution in [0.25, 0.3) is 32.8 Å². The van der Waals surface area contributed by atoms with Crippen LogP contribution in [0.4, 0.5) is 36.1 Å². The smallest absolute Gasteiger partial charge is 0.410 e. The Morgan fingerprint density at radius 3 is 1.98 bits per heavy atom. The lowest BCUT2D eigenvalue weighted by atomic mass is 10.0. The Kier molecular flexibility index (Phi) is 21.3. The minimum atomic E-state index is -4.64. The van der Waals surface area contributed by atoms with Crippen molar-refractivity contribution >= 4 is 114 Å². The minimum Gasteiger partial charge on any atom is -0.445 e. The van der Waals surface area contributed by atoms with Gasteiger partial charge >= 0.3 is 31.8 Å². The van der Waals surface area contributed by atoms with Gasteiger partial charge in [-0.25, -0.2) is 57.8 Å². The molecule has 3 saturated heterocycles. The second kappa shape index (κ2) is 28.4. The molecule has 3 aliphatic heterocycles. The van der Waals surface area contributed by atoms with Gasteiger partial charge in [0.05, 0.1) is 25.9 Å². The number of hydrogen-bond donors (Lipinski definition) is 9. The van der Waals surface area contributed by atoms with Crippen LogP contribution in [-0.2, 0) is 67.2 Å². The molecule has 0 unspecified atom stereocenters. The first-order valence-corrected chi connectivity index (χ1v) is 31.7. The number of primary amides is 1. The number of carbonyl (C=O) groups excluding carboxylic acids is 6. The molecular formula is C46H61FN20O16P2S2. The van der Waals surface area contributed by atoms with Gasteiger partial charge in [0.15, 0.2) is 47.7 Å². The number of nitrogen functional groups attached to an aromatic ring is 2. The molecule has 8 rings (SSSR count). The Labute approximate surface area is 503 Å². The number of ether oxygens (including phenoxy) is 4. The number of alkyl halides is 1. The molecule has 7 heterocycles. The van der Waals surface area contributed by atoms with E-state index in [9.17, 15) is 37.9 Å². The van der Waals surface area contributed by atoms with Crippen molar-refractivity contribution in [3.8, 4) is 0 Å². The fraction of sp³-hybridized carbons (Fsp3) is 0.522. The number of nitrogens with two attached hydrogens (primary N) is 3. The summed E-state index contributed by atoms with van der Waals surface area (Å²) >= 11 is 8.36. The molecule has 7 amide bonds. The highest BCUT2D eigenvalue weighted by atomic mass is 32.7. The van der Waals surface area contributed by atoms with E-state index in [1.807, 2.05) is 0 Å². The molecule has 0 saturated carbocycles. The number of carbonyl (C=O) groups is 6. The van der Waals surface area contributed by atoms with Crippen LogP contribution in [0.5, 0.6) is 0 Å². The fourth-order valence-electron chi connectivity index (χ4n) is 9.07. The molecule has 0 spiro atoms. The van der Waals surface area contributed by atoms with Crippen molar-refractivity contribution < 1.29 is 79.3 Å². The van der Waals surface area contributed by atoms with Gasteiger partial charge in [-0.05, 0) is 42.0 Å². The third-order valence-electron chi connectivity index (χ3n) is 13.5. The van der Waals surface area contributed by atoms with Crippen molar-refractivity contribution in [2.75, 3.05) is 70.3 Å². The molecule has 470 valence electrons. The molecule has 10 N–H and O–H groups in total. The third kappa shape index (κ3) is 16.3. The molecule has 0 radical (unpaired) electrons. The predicted molar refractivity (Wildman–Crippen MR) is 307 cm³/mol. The number of aromatic nitrogens is 8. The summed E-state index contributed by atoms with van der Waals surface area (Å²) in [6, 6.07) is 3.17. The first-order valence-electron chi connectivity index (χ1n) is 26.3. The van der Waals surface area contributed by atoms with Crippen LogP contribution < -0.4 is 38.5 Å². The molecule has 0 aliphatic carbocycles. The molecule has 1 aromatic carbocycles. The van der Waals surface area contributed by atoms with Crippen molar-refractivity contribution in [2.45, 2.75) is 94.5 Å². The number of azide groups is 1. The first kappa shape index (κ1) is 65.3. The van der Waals surface area contributed by atoms with Crippen molar-refractivity contribution in [1.82, 2.24) is 64.8 Å². The molecular weight excluding hydrogens is 1230 g/mol. The molecule has 5 aromatic rings. The number of thiol groups is 2. The Hall–Kier alpha value is -7.70. The summed E-state index contributed by atoms with van der Waals surface area (Å²) in [4.78, 5) is 107. The average molecular weight is 1300 g/mol. The van der Waals surface area contributed by atoms with Crippen molar-refractivity contribution in [2.24, 2.45) is 16.8 Å². The largest absolute Gasteiger partial charge is 0.445 e. The summed E-state index contributed by atoms with van der Waals surface area (Å²) in [5, 5.41) is 13.5. The zero-order valence-electron chi connectivity index (χ0n) is 46.6. The maximum absolute atomic E-state index is 16.5. The SMILES string of the molecule is CC(C)[C@H](NC(=O)CN=[N+]=[N-])C(=O)N[C@@H](CCCNC(N)=O)C(=O)Nc1ccc(COC(=O)N(C)CCN(C)C(=O)O[C@@H]2[C@@H]3O[P@](=O)(S)OC[C@H]4O[C@@H](n5cnc6c(N)ncnc65)[C@H](F)[C@@H]4O[P@](=O)(S)OC[C@H]3O[C@H]2n2cnc3c(N)ncnc32)cc1. The van der Waals surface area contributed by atoms with Crippen LogP contribution in [0.1, 0.15) is 44.7 Å². The van der Waals surface area contributed by atoms with Gasteiger partial charge in [-0.3, -0.25) is 41.6 Å². The Balaban J connectivity index is 0.897. The van der Waals surface area contributed by atoms with Crippen LogP contribution in [-0.4, -0.2) is 187 Å². The second-order valence-corrected chi connectivity index (χ2v) is 25.8. The second-order valence-electron chi connectivity index (χ2n) is 20.0. The molecule has 87 heavy (non-hydrogen) atoms. The quantitative estimate of drug-likeness (QED) is 0.0135. The monoisotopic (exact) mass is 1290 g/mol. The summed E-state index contributed by atoms with van der Waals surface area (Å²) in [7, 11) is 2.76. The number of nitrogens with zero attached hydrogens (tertiary/aromatic N) is 13. The molecule has 4 aromatic heterocycles. The van der Waals surface area contributed by atoms with Crippen LogP contribution in [0.2, 0.25) is 0 Å². The fourth-order valence-corrected chi connectivity index (χ4v) is 12.0. The average Bonchev–Trinajstić information content (AvgIpc) is 1.72. The van der Waals surface area contributed by atoms with Gasteiger partial charge in [0.2, 0.25) is 17.7 Å². The van der Waals surface area contributed by atoms with E-state index in [1.54, 1.807) is 26.0 Å². The maximum atomic E-state index is 16.5. The molecule has 12 atom stereocenters. The summed E-state index contributed by atoms with van der Waals surface area (Å²) in [6.07, 6.45) is -9.85. The summed E-state index contributed by atoms with van der Waals surface area (Å²) in [5.74, 6) is -2.48. The Morgan fingerprint density at radius 1 is 0.828 bits per heavy atom. The number of urea groups is 1. The van der Waals surface area contributed by atoms with E-state index in [0.29, 0.717) is 11.3 Å². The summed E-state index contributed by atoms with van der Waals surface area (Å²) < 4.78 is 94.2. The number of imidazole rings is 2. The van der Waals surface area contributed by atoms with E-state index in [-0.39, 0.29) is 73.0 Å². The number of anilines is 3. The molecule has 3 aliphatic rings. The van der Waals surface area contributed by atoms with Crippen molar-refractivity contribution in [3.05, 3.63) is 65.6 Å². The normalized spacial score (nSPS) is 25.3. The summed E-state index contributed by atoms with van der Waals surface area (Å²) in [6.45, 7) is -8.35. The number of benzene rings is 1.